The lowest BCUT2D eigenvalue weighted by atomic mass is 10.1. The SMILES string of the molecule is CC(=O)NNC(=O)COC(=O)c1ccccc1NC(=O)Cc1ccccc1. The number of ether oxygens (including phenoxy) is 1. The topological polar surface area (TPSA) is 114 Å². The van der Waals surface area contributed by atoms with Gasteiger partial charge in [0.1, 0.15) is 0 Å². The summed E-state index contributed by atoms with van der Waals surface area (Å²) in [6.07, 6.45) is 0.156. The zero-order valence-corrected chi connectivity index (χ0v) is 14.7. The zero-order chi connectivity index (χ0) is 19.6. The van der Waals surface area contributed by atoms with Crippen molar-refractivity contribution in [1.29, 1.82) is 0 Å². The van der Waals surface area contributed by atoms with E-state index in [0.717, 1.165) is 5.56 Å². The Kier molecular flexibility index (Phi) is 7.07. The summed E-state index contributed by atoms with van der Waals surface area (Å²) in [4.78, 5) is 46.6. The van der Waals surface area contributed by atoms with Gasteiger partial charge in [0, 0.05) is 6.92 Å². The van der Waals surface area contributed by atoms with Crippen molar-refractivity contribution in [2.45, 2.75) is 13.3 Å². The number of nitrogens with one attached hydrogen (secondary N) is 3. The van der Waals surface area contributed by atoms with Gasteiger partial charge in [0.2, 0.25) is 11.8 Å². The highest BCUT2D eigenvalue weighted by Gasteiger charge is 2.16. The lowest BCUT2D eigenvalue weighted by Gasteiger charge is -2.11. The number of carbonyl (C=O) groups excluding carboxylic acids is 4. The summed E-state index contributed by atoms with van der Waals surface area (Å²) in [6, 6.07) is 15.5. The zero-order valence-electron chi connectivity index (χ0n) is 14.7. The molecule has 0 fully saturated rings. The molecule has 0 unspecified atom stereocenters. The number of hydrogen-bond acceptors (Lipinski definition) is 5. The monoisotopic (exact) mass is 369 g/mol. The van der Waals surface area contributed by atoms with Gasteiger partial charge in [-0.15, -0.1) is 0 Å². The molecular formula is C19H19N3O5. The second-order valence-electron chi connectivity index (χ2n) is 5.56. The van der Waals surface area contributed by atoms with Crippen LogP contribution in [0.5, 0.6) is 0 Å². The Hall–Kier alpha value is -3.68. The summed E-state index contributed by atoms with van der Waals surface area (Å²) < 4.78 is 4.91. The van der Waals surface area contributed by atoms with Gasteiger partial charge in [-0.3, -0.25) is 25.2 Å². The minimum atomic E-state index is -0.774. The summed E-state index contributed by atoms with van der Waals surface area (Å²) in [7, 11) is 0. The van der Waals surface area contributed by atoms with E-state index >= 15 is 0 Å². The van der Waals surface area contributed by atoms with E-state index in [0.29, 0.717) is 0 Å². The molecule has 8 heteroatoms. The van der Waals surface area contributed by atoms with Crippen molar-refractivity contribution in [2.75, 3.05) is 11.9 Å². The molecule has 3 N–H and O–H groups in total. The van der Waals surface area contributed by atoms with Crippen molar-refractivity contribution in [3.8, 4) is 0 Å². The van der Waals surface area contributed by atoms with Gasteiger partial charge >= 0.3 is 5.97 Å². The van der Waals surface area contributed by atoms with E-state index in [4.69, 9.17) is 4.74 Å². The fraction of sp³-hybridized carbons (Fsp3) is 0.158. The molecule has 0 aliphatic heterocycles. The highest BCUT2D eigenvalue weighted by molar-refractivity contribution is 6.02. The fourth-order valence-electron chi connectivity index (χ4n) is 2.15. The standard InChI is InChI=1S/C19H19N3O5/c1-13(23)21-22-18(25)12-27-19(26)15-9-5-6-10-16(15)20-17(24)11-14-7-3-2-4-8-14/h2-10H,11-12H2,1H3,(H,20,24)(H,21,23)(H,22,25). The van der Waals surface area contributed by atoms with Gasteiger partial charge < -0.3 is 10.1 Å². The van der Waals surface area contributed by atoms with Crippen molar-refractivity contribution in [1.82, 2.24) is 10.9 Å². The molecule has 0 aliphatic carbocycles. The van der Waals surface area contributed by atoms with E-state index in [9.17, 15) is 19.2 Å². The lowest BCUT2D eigenvalue weighted by Crippen LogP contribution is -2.42. The second kappa shape index (κ2) is 9.71. The molecule has 2 rings (SSSR count). The van der Waals surface area contributed by atoms with Gasteiger partial charge in [-0.1, -0.05) is 42.5 Å². The average molecular weight is 369 g/mol. The Morgan fingerprint density at radius 3 is 2.22 bits per heavy atom. The molecular weight excluding hydrogens is 350 g/mol. The summed E-state index contributed by atoms with van der Waals surface area (Å²) in [5.41, 5.74) is 5.40. The van der Waals surface area contributed by atoms with E-state index in [2.05, 4.69) is 16.2 Å². The smallest absolute Gasteiger partial charge is 0.340 e. The van der Waals surface area contributed by atoms with Crippen LogP contribution in [0.3, 0.4) is 0 Å². The highest BCUT2D eigenvalue weighted by Crippen LogP contribution is 2.16. The Morgan fingerprint density at radius 2 is 1.52 bits per heavy atom. The van der Waals surface area contributed by atoms with Crippen molar-refractivity contribution < 1.29 is 23.9 Å². The predicted molar refractivity (Wildman–Crippen MR) is 97.5 cm³/mol. The minimum absolute atomic E-state index is 0.117. The van der Waals surface area contributed by atoms with Crippen LogP contribution in [0.4, 0.5) is 5.69 Å². The van der Waals surface area contributed by atoms with Gasteiger partial charge in [-0.05, 0) is 17.7 Å². The summed E-state index contributed by atoms with van der Waals surface area (Å²) in [6.45, 7) is 0.645. The van der Waals surface area contributed by atoms with Crippen molar-refractivity contribution >= 4 is 29.4 Å². The number of esters is 1. The average Bonchev–Trinajstić information content (AvgIpc) is 2.65. The van der Waals surface area contributed by atoms with Crippen LogP contribution in [0, 0.1) is 0 Å². The van der Waals surface area contributed by atoms with Crippen LogP contribution in [0.1, 0.15) is 22.8 Å². The number of carbonyl (C=O) groups is 4. The summed E-state index contributed by atoms with van der Waals surface area (Å²) >= 11 is 0. The number of hydrazine groups is 1. The van der Waals surface area contributed by atoms with Crippen LogP contribution in [-0.4, -0.2) is 30.3 Å². The Bertz CT molecular complexity index is 836. The molecule has 0 radical (unpaired) electrons. The molecule has 0 aliphatic rings. The predicted octanol–water partition coefficient (Wildman–Crippen LogP) is 1.19. The molecule has 0 aromatic heterocycles. The molecule has 2 aromatic carbocycles. The van der Waals surface area contributed by atoms with Gasteiger partial charge in [0.25, 0.3) is 5.91 Å². The quantitative estimate of drug-likeness (QED) is 0.523. The van der Waals surface area contributed by atoms with Crippen LogP contribution in [0.15, 0.2) is 54.6 Å². The van der Waals surface area contributed by atoms with Crippen LogP contribution >= 0.6 is 0 Å². The first-order valence-electron chi connectivity index (χ1n) is 8.11. The van der Waals surface area contributed by atoms with Gasteiger partial charge in [0.15, 0.2) is 6.61 Å². The Labute approximate surface area is 155 Å². The Morgan fingerprint density at radius 1 is 0.852 bits per heavy atom. The molecule has 0 bridgehead atoms. The first kappa shape index (κ1) is 19.6. The molecule has 8 nitrogen and oxygen atoms in total. The van der Waals surface area contributed by atoms with Crippen LogP contribution in [0.25, 0.3) is 0 Å². The third-order valence-corrected chi connectivity index (χ3v) is 3.34. The van der Waals surface area contributed by atoms with Crippen LogP contribution < -0.4 is 16.2 Å². The molecule has 140 valence electrons. The maximum atomic E-state index is 12.2. The molecule has 2 aromatic rings. The lowest BCUT2D eigenvalue weighted by molar-refractivity contribution is -0.129. The number of anilines is 1. The van der Waals surface area contributed by atoms with E-state index in [-0.39, 0.29) is 23.6 Å². The third-order valence-electron chi connectivity index (χ3n) is 3.34. The van der Waals surface area contributed by atoms with Crippen LogP contribution in [-0.2, 0) is 25.5 Å². The molecule has 27 heavy (non-hydrogen) atoms. The first-order valence-corrected chi connectivity index (χ1v) is 8.11. The second-order valence-corrected chi connectivity index (χ2v) is 5.56. The van der Waals surface area contributed by atoms with Crippen LogP contribution in [0.2, 0.25) is 0 Å². The highest BCUT2D eigenvalue weighted by atomic mass is 16.5. The van der Waals surface area contributed by atoms with E-state index in [1.54, 1.807) is 18.2 Å². The van der Waals surface area contributed by atoms with E-state index in [1.807, 2.05) is 30.3 Å². The number of hydrogen-bond donors (Lipinski definition) is 3. The summed E-state index contributed by atoms with van der Waals surface area (Å²) in [5, 5.41) is 2.67. The largest absolute Gasteiger partial charge is 0.452 e. The molecule has 0 saturated heterocycles. The maximum Gasteiger partial charge on any atom is 0.340 e. The molecule has 3 amide bonds. The number of benzene rings is 2. The maximum absolute atomic E-state index is 12.2. The molecule has 0 heterocycles. The molecule has 0 atom stereocenters. The van der Waals surface area contributed by atoms with Gasteiger partial charge in [-0.25, -0.2) is 4.79 Å². The minimum Gasteiger partial charge on any atom is -0.452 e. The molecule has 0 saturated carbocycles. The fourth-order valence-corrected chi connectivity index (χ4v) is 2.15. The van der Waals surface area contributed by atoms with Gasteiger partial charge in [0.05, 0.1) is 17.7 Å². The van der Waals surface area contributed by atoms with Crippen molar-refractivity contribution in [2.24, 2.45) is 0 Å². The van der Waals surface area contributed by atoms with Crippen molar-refractivity contribution in [3.05, 3.63) is 65.7 Å². The Balaban J connectivity index is 1.95. The van der Waals surface area contributed by atoms with Gasteiger partial charge in [-0.2, -0.15) is 0 Å². The van der Waals surface area contributed by atoms with E-state index in [1.165, 1.54) is 13.0 Å². The summed E-state index contributed by atoms with van der Waals surface area (Å²) in [5.74, 6) is -2.21. The molecule has 0 spiro atoms. The number of para-hydroxylation sites is 1. The van der Waals surface area contributed by atoms with Crippen molar-refractivity contribution in [3.63, 3.8) is 0 Å². The third kappa shape index (κ3) is 6.62. The normalized spacial score (nSPS) is 9.81. The van der Waals surface area contributed by atoms with E-state index < -0.39 is 24.4 Å². The first-order chi connectivity index (χ1) is 13.0. The number of rotatable bonds is 6. The number of amides is 3.